The minimum Gasteiger partial charge on any atom is -0.497 e. The second-order valence-corrected chi connectivity index (χ2v) is 6.04. The van der Waals surface area contributed by atoms with Crippen LogP contribution in [0, 0.1) is 17.8 Å². The lowest BCUT2D eigenvalue weighted by Crippen LogP contribution is -2.35. The van der Waals surface area contributed by atoms with Crippen LogP contribution >= 0.6 is 0 Å². The number of ketones is 1. The Bertz CT molecular complexity index is 558. The number of fused-ring (bicyclic) bond motifs is 1. The van der Waals surface area contributed by atoms with Gasteiger partial charge in [-0.1, -0.05) is 18.2 Å². The minimum absolute atomic E-state index is 0.0393. The quantitative estimate of drug-likeness (QED) is 0.801. The van der Waals surface area contributed by atoms with Crippen LogP contribution in [-0.2, 0) is 9.59 Å². The molecule has 0 spiro atoms. The smallest absolute Gasteiger partial charge is 0.155 e. The van der Waals surface area contributed by atoms with Gasteiger partial charge in [0.1, 0.15) is 12.0 Å². The van der Waals surface area contributed by atoms with Crippen LogP contribution in [0.3, 0.4) is 0 Å². The monoisotopic (exact) mass is 284 g/mol. The van der Waals surface area contributed by atoms with Crippen molar-refractivity contribution in [2.75, 3.05) is 7.11 Å². The zero-order valence-electron chi connectivity index (χ0n) is 12.2. The van der Waals surface area contributed by atoms with Crippen molar-refractivity contribution in [3.63, 3.8) is 0 Å². The Balaban J connectivity index is 1.95. The molecule has 0 saturated heterocycles. The van der Waals surface area contributed by atoms with E-state index in [2.05, 4.69) is 0 Å². The van der Waals surface area contributed by atoms with Crippen LogP contribution in [0.15, 0.2) is 36.4 Å². The molecule has 1 aromatic rings. The van der Waals surface area contributed by atoms with E-state index in [1.165, 1.54) is 5.56 Å². The summed E-state index contributed by atoms with van der Waals surface area (Å²) < 4.78 is 5.20. The van der Waals surface area contributed by atoms with Crippen molar-refractivity contribution in [2.45, 2.75) is 25.2 Å². The van der Waals surface area contributed by atoms with E-state index in [-0.39, 0.29) is 17.6 Å². The average molecular weight is 284 g/mol. The van der Waals surface area contributed by atoms with Crippen LogP contribution in [0.25, 0.3) is 0 Å². The molecule has 110 valence electrons. The molecular weight excluding hydrogens is 264 g/mol. The highest BCUT2D eigenvalue weighted by Gasteiger charge is 2.40. The number of carbonyl (C=O) groups is 2. The maximum Gasteiger partial charge on any atom is 0.155 e. The fourth-order valence-electron chi connectivity index (χ4n) is 3.87. The van der Waals surface area contributed by atoms with Crippen LogP contribution in [0.2, 0.25) is 0 Å². The van der Waals surface area contributed by atoms with Crippen molar-refractivity contribution < 1.29 is 14.3 Å². The zero-order valence-corrected chi connectivity index (χ0v) is 12.2. The largest absolute Gasteiger partial charge is 0.497 e. The minimum atomic E-state index is 0.0393. The number of carbonyl (C=O) groups excluding carboxylic acids is 2. The van der Waals surface area contributed by atoms with Gasteiger partial charge in [0.25, 0.3) is 0 Å². The number of methoxy groups -OCH3 is 1. The van der Waals surface area contributed by atoms with Gasteiger partial charge in [-0.25, -0.2) is 0 Å². The summed E-state index contributed by atoms with van der Waals surface area (Å²) in [7, 11) is 1.65. The highest BCUT2D eigenvalue weighted by molar-refractivity contribution is 5.90. The first kappa shape index (κ1) is 14.1. The second-order valence-electron chi connectivity index (χ2n) is 6.04. The summed E-state index contributed by atoms with van der Waals surface area (Å²) in [5, 5.41) is 0. The molecule has 0 aliphatic heterocycles. The summed E-state index contributed by atoms with van der Waals surface area (Å²) in [6.07, 6.45) is 7.29. The molecule has 1 saturated carbocycles. The molecule has 0 bridgehead atoms. The predicted molar refractivity (Wildman–Crippen MR) is 80.3 cm³/mol. The fraction of sp³-hybridized carbons (Fsp3) is 0.444. The molecule has 4 atom stereocenters. The van der Waals surface area contributed by atoms with Gasteiger partial charge in [-0.05, 0) is 54.4 Å². The Morgan fingerprint density at radius 2 is 1.95 bits per heavy atom. The number of benzene rings is 1. The van der Waals surface area contributed by atoms with Gasteiger partial charge in [0.2, 0.25) is 0 Å². The lowest BCUT2D eigenvalue weighted by molar-refractivity contribution is -0.117. The van der Waals surface area contributed by atoms with Crippen molar-refractivity contribution in [1.29, 1.82) is 0 Å². The molecule has 2 aliphatic rings. The van der Waals surface area contributed by atoms with E-state index in [9.17, 15) is 9.59 Å². The Labute approximate surface area is 125 Å². The van der Waals surface area contributed by atoms with Crippen LogP contribution < -0.4 is 4.74 Å². The van der Waals surface area contributed by atoms with Crippen molar-refractivity contribution in [1.82, 2.24) is 0 Å². The first-order chi connectivity index (χ1) is 10.2. The summed E-state index contributed by atoms with van der Waals surface area (Å²) in [5.41, 5.74) is 1.17. The molecular formula is C18H20O3. The normalized spacial score (nSPS) is 31.6. The van der Waals surface area contributed by atoms with E-state index >= 15 is 0 Å². The first-order valence-electron chi connectivity index (χ1n) is 7.53. The lowest BCUT2D eigenvalue weighted by Gasteiger charge is -2.41. The second kappa shape index (κ2) is 5.84. The maximum absolute atomic E-state index is 11.6. The molecule has 2 aliphatic carbocycles. The van der Waals surface area contributed by atoms with E-state index in [0.29, 0.717) is 18.3 Å². The molecule has 1 aromatic carbocycles. The molecule has 1 fully saturated rings. The summed E-state index contributed by atoms with van der Waals surface area (Å²) in [4.78, 5) is 23.1. The molecule has 0 radical (unpaired) electrons. The third kappa shape index (κ3) is 2.65. The van der Waals surface area contributed by atoms with Crippen LogP contribution in [0.1, 0.15) is 30.7 Å². The molecule has 0 unspecified atom stereocenters. The molecule has 21 heavy (non-hydrogen) atoms. The third-order valence-electron chi connectivity index (χ3n) is 4.93. The Kier molecular flexibility index (Phi) is 3.91. The molecule has 0 aromatic heterocycles. The van der Waals surface area contributed by atoms with E-state index in [0.717, 1.165) is 24.9 Å². The average Bonchev–Trinajstić information content (AvgIpc) is 2.53. The molecule has 0 heterocycles. The van der Waals surface area contributed by atoms with Crippen molar-refractivity contribution in [3.8, 4) is 5.75 Å². The van der Waals surface area contributed by atoms with Crippen molar-refractivity contribution in [3.05, 3.63) is 42.0 Å². The van der Waals surface area contributed by atoms with Gasteiger partial charge >= 0.3 is 0 Å². The van der Waals surface area contributed by atoms with E-state index in [4.69, 9.17) is 4.74 Å². The maximum atomic E-state index is 11.6. The Morgan fingerprint density at radius 1 is 1.19 bits per heavy atom. The molecule has 3 nitrogen and oxygen atoms in total. The highest BCUT2D eigenvalue weighted by Crippen LogP contribution is 2.47. The van der Waals surface area contributed by atoms with Crippen LogP contribution in [-0.4, -0.2) is 19.2 Å². The predicted octanol–water partition coefficient (Wildman–Crippen LogP) is 3.15. The van der Waals surface area contributed by atoms with Gasteiger partial charge in [0.15, 0.2) is 5.78 Å². The summed E-state index contributed by atoms with van der Waals surface area (Å²) in [6.45, 7) is 0. The SMILES string of the molecule is COc1ccc([C@@H]2[C@H]3C=CC(=O)C[C@@H]3CC[C@H]2C=O)cc1. The van der Waals surface area contributed by atoms with Gasteiger partial charge in [-0.2, -0.15) is 0 Å². The topological polar surface area (TPSA) is 43.4 Å². The van der Waals surface area contributed by atoms with Crippen molar-refractivity contribution in [2.24, 2.45) is 17.8 Å². The summed E-state index contributed by atoms with van der Waals surface area (Å²) in [6, 6.07) is 7.98. The third-order valence-corrected chi connectivity index (χ3v) is 4.93. The number of aldehydes is 1. The number of rotatable bonds is 3. The van der Waals surface area contributed by atoms with Crippen molar-refractivity contribution >= 4 is 12.1 Å². The molecule has 0 N–H and O–H groups in total. The number of allylic oxidation sites excluding steroid dienone is 2. The summed E-state index contributed by atoms with van der Waals surface area (Å²) in [5.74, 6) is 1.93. The molecule has 3 rings (SSSR count). The number of hydrogen-bond donors (Lipinski definition) is 0. The van der Waals surface area contributed by atoms with Gasteiger partial charge in [-0.15, -0.1) is 0 Å². The molecule has 3 heteroatoms. The van der Waals surface area contributed by atoms with Gasteiger partial charge in [0, 0.05) is 12.3 Å². The highest BCUT2D eigenvalue weighted by atomic mass is 16.5. The van der Waals surface area contributed by atoms with Gasteiger partial charge in [0.05, 0.1) is 7.11 Å². The first-order valence-corrected chi connectivity index (χ1v) is 7.53. The fourth-order valence-corrected chi connectivity index (χ4v) is 3.87. The standard InChI is InChI=1S/C18H20O3/c1-21-16-7-4-12(5-8-16)18-14(11-19)3-2-13-10-15(20)6-9-17(13)18/h4-9,11,13-14,17-18H,2-3,10H2,1H3/t13-,14-,17-,18-/m0/s1. The Morgan fingerprint density at radius 3 is 2.62 bits per heavy atom. The Hall–Kier alpha value is -1.90. The van der Waals surface area contributed by atoms with E-state index in [1.54, 1.807) is 13.2 Å². The zero-order chi connectivity index (χ0) is 14.8. The van der Waals surface area contributed by atoms with Crippen LogP contribution in [0.5, 0.6) is 5.75 Å². The van der Waals surface area contributed by atoms with Gasteiger partial charge < -0.3 is 9.53 Å². The molecule has 0 amide bonds. The van der Waals surface area contributed by atoms with E-state index < -0.39 is 0 Å². The van der Waals surface area contributed by atoms with Crippen LogP contribution in [0.4, 0.5) is 0 Å². The summed E-state index contributed by atoms with van der Waals surface area (Å²) >= 11 is 0. The number of hydrogen-bond acceptors (Lipinski definition) is 3. The number of ether oxygens (including phenoxy) is 1. The van der Waals surface area contributed by atoms with E-state index in [1.807, 2.05) is 30.3 Å². The lowest BCUT2D eigenvalue weighted by atomic mass is 9.62. The van der Waals surface area contributed by atoms with Gasteiger partial charge in [-0.3, -0.25) is 4.79 Å².